The van der Waals surface area contributed by atoms with Crippen LogP contribution in [0.5, 0.6) is 5.75 Å². The molecule has 0 aliphatic carbocycles. The van der Waals surface area contributed by atoms with Crippen molar-refractivity contribution in [2.24, 2.45) is 0 Å². The molecule has 1 aliphatic heterocycles. The maximum atomic E-state index is 5.80. The minimum Gasteiger partial charge on any atom is -0.492 e. The van der Waals surface area contributed by atoms with E-state index in [2.05, 4.69) is 14.9 Å². The zero-order chi connectivity index (χ0) is 14.7. The maximum absolute atomic E-state index is 5.80. The number of hydrogen-bond acceptors (Lipinski definition) is 5. The summed E-state index contributed by atoms with van der Waals surface area (Å²) in [5, 5.41) is 0. The number of anilines is 1. The Kier molecular flexibility index (Phi) is 4.01. The van der Waals surface area contributed by atoms with Gasteiger partial charge in [0.2, 0.25) is 0 Å². The molecule has 3 rings (SSSR count). The Bertz CT molecular complexity index is 582. The second-order valence-corrected chi connectivity index (χ2v) is 5.27. The van der Waals surface area contributed by atoms with E-state index < -0.39 is 0 Å². The third kappa shape index (κ3) is 3.31. The summed E-state index contributed by atoms with van der Waals surface area (Å²) in [7, 11) is 0. The van der Waals surface area contributed by atoms with E-state index in [0.717, 1.165) is 36.8 Å². The Morgan fingerprint density at radius 3 is 2.76 bits per heavy atom. The van der Waals surface area contributed by atoms with Crippen molar-refractivity contribution in [3.63, 3.8) is 0 Å². The lowest BCUT2D eigenvalue weighted by Crippen LogP contribution is -2.43. The molecule has 2 N–H and O–H groups in total. The van der Waals surface area contributed by atoms with Gasteiger partial charge >= 0.3 is 0 Å². The molecule has 0 spiro atoms. The summed E-state index contributed by atoms with van der Waals surface area (Å²) in [6.07, 6.45) is 1.11. The zero-order valence-corrected chi connectivity index (χ0v) is 12.2. The number of aromatic nitrogens is 2. The summed E-state index contributed by atoms with van der Waals surface area (Å²) in [5.74, 6) is 2.19. The molecule has 21 heavy (non-hydrogen) atoms. The normalized spacial score (nSPS) is 18.2. The predicted molar refractivity (Wildman–Crippen MR) is 82.0 cm³/mol. The fourth-order valence-corrected chi connectivity index (χ4v) is 2.63. The molecule has 1 aromatic heterocycles. The Morgan fingerprint density at radius 2 is 2.10 bits per heavy atom. The summed E-state index contributed by atoms with van der Waals surface area (Å²) < 4.78 is 5.74. The molecule has 2 heterocycles. The smallest absolute Gasteiger partial charge is 0.127 e. The van der Waals surface area contributed by atoms with Gasteiger partial charge in [-0.1, -0.05) is 18.2 Å². The van der Waals surface area contributed by atoms with Crippen molar-refractivity contribution >= 4 is 5.82 Å². The van der Waals surface area contributed by atoms with Gasteiger partial charge in [-0.25, -0.2) is 9.97 Å². The molecule has 0 unspecified atom stereocenters. The fraction of sp³-hybridized carbons (Fsp3) is 0.375. The molecule has 0 saturated carbocycles. The number of nitrogens with two attached hydrogens (primary N) is 1. The lowest BCUT2D eigenvalue weighted by atomic mass is 9.99. The van der Waals surface area contributed by atoms with Crippen LogP contribution < -0.4 is 10.5 Å². The Morgan fingerprint density at radius 1 is 1.29 bits per heavy atom. The van der Waals surface area contributed by atoms with Crippen LogP contribution >= 0.6 is 0 Å². The van der Waals surface area contributed by atoms with Gasteiger partial charge in [-0.05, 0) is 25.5 Å². The average Bonchev–Trinajstić information content (AvgIpc) is 2.42. The van der Waals surface area contributed by atoms with Crippen LogP contribution in [0.4, 0.5) is 5.82 Å². The molecule has 0 bridgehead atoms. The first kappa shape index (κ1) is 13.8. The fourth-order valence-electron chi connectivity index (χ4n) is 2.63. The van der Waals surface area contributed by atoms with E-state index >= 15 is 0 Å². The van der Waals surface area contributed by atoms with Crippen LogP contribution in [0.3, 0.4) is 0 Å². The largest absolute Gasteiger partial charge is 0.492 e. The van der Waals surface area contributed by atoms with Gasteiger partial charge < -0.3 is 10.5 Å². The second kappa shape index (κ2) is 6.10. The molecule has 1 aromatic carbocycles. The number of aryl methyl sites for hydroxylation is 1. The van der Waals surface area contributed by atoms with Gasteiger partial charge in [0.1, 0.15) is 24.0 Å². The quantitative estimate of drug-likeness (QED) is 0.912. The van der Waals surface area contributed by atoms with Crippen molar-refractivity contribution in [1.82, 2.24) is 14.9 Å². The van der Waals surface area contributed by atoms with Crippen LogP contribution in [0.25, 0.3) is 0 Å². The monoisotopic (exact) mass is 284 g/mol. The van der Waals surface area contributed by atoms with Crippen molar-refractivity contribution in [3.05, 3.63) is 47.9 Å². The third-order valence-corrected chi connectivity index (χ3v) is 3.74. The van der Waals surface area contributed by atoms with Crippen molar-refractivity contribution in [2.75, 3.05) is 25.4 Å². The Balaban J connectivity index is 1.55. The first-order valence-corrected chi connectivity index (χ1v) is 7.25. The van der Waals surface area contributed by atoms with Crippen molar-refractivity contribution in [1.29, 1.82) is 0 Å². The number of ether oxygens (including phenoxy) is 1. The molecule has 1 fully saturated rings. The molecule has 5 nitrogen and oxygen atoms in total. The van der Waals surface area contributed by atoms with Crippen LogP contribution in [0, 0.1) is 6.92 Å². The first-order valence-electron chi connectivity index (χ1n) is 7.25. The van der Waals surface area contributed by atoms with Crippen LogP contribution in [-0.4, -0.2) is 34.6 Å². The summed E-state index contributed by atoms with van der Waals surface area (Å²) in [5.41, 5.74) is 6.82. The highest BCUT2D eigenvalue weighted by Crippen LogP contribution is 2.32. The van der Waals surface area contributed by atoms with Gasteiger partial charge in [-0.3, -0.25) is 4.90 Å². The number of hydrogen-bond donors (Lipinski definition) is 1. The number of nitrogen functional groups attached to an aromatic ring is 1. The molecule has 110 valence electrons. The molecule has 1 saturated heterocycles. The minimum atomic E-state index is 0.341. The van der Waals surface area contributed by atoms with E-state index in [1.807, 2.05) is 43.3 Å². The first-order chi connectivity index (χ1) is 10.2. The van der Waals surface area contributed by atoms with Crippen LogP contribution in [-0.2, 0) is 0 Å². The highest BCUT2D eigenvalue weighted by atomic mass is 16.5. The van der Waals surface area contributed by atoms with E-state index in [-0.39, 0.29) is 0 Å². The molecular formula is C16H20N4O. The van der Waals surface area contributed by atoms with Gasteiger partial charge in [-0.15, -0.1) is 0 Å². The summed E-state index contributed by atoms with van der Waals surface area (Å²) >= 11 is 0. The van der Waals surface area contributed by atoms with Gasteiger partial charge in [0.25, 0.3) is 0 Å². The van der Waals surface area contributed by atoms with E-state index in [0.29, 0.717) is 18.5 Å². The van der Waals surface area contributed by atoms with Crippen molar-refractivity contribution in [3.8, 4) is 5.75 Å². The molecule has 0 amide bonds. The molecule has 0 radical (unpaired) electrons. The molecular weight excluding hydrogens is 264 g/mol. The van der Waals surface area contributed by atoms with Crippen molar-refractivity contribution < 1.29 is 4.74 Å². The van der Waals surface area contributed by atoms with E-state index in [1.54, 1.807) is 0 Å². The summed E-state index contributed by atoms with van der Waals surface area (Å²) in [4.78, 5) is 11.0. The van der Waals surface area contributed by atoms with Crippen LogP contribution in [0.15, 0.2) is 36.4 Å². The average molecular weight is 284 g/mol. The SMILES string of the molecule is Cc1nc(N)cc([C@@H]2CCN2CCOc2ccccc2)n1. The highest BCUT2D eigenvalue weighted by molar-refractivity contribution is 5.31. The zero-order valence-electron chi connectivity index (χ0n) is 12.2. The lowest BCUT2D eigenvalue weighted by molar-refractivity contribution is 0.0698. The van der Waals surface area contributed by atoms with Gasteiger partial charge in [0, 0.05) is 19.2 Å². The van der Waals surface area contributed by atoms with E-state index in [4.69, 9.17) is 10.5 Å². The number of para-hydroxylation sites is 1. The molecule has 1 atom stereocenters. The number of likely N-dealkylation sites (tertiary alicyclic amines) is 1. The lowest BCUT2D eigenvalue weighted by Gasteiger charge is -2.40. The van der Waals surface area contributed by atoms with Gasteiger partial charge in [0.05, 0.1) is 11.7 Å². The molecule has 1 aliphatic rings. The minimum absolute atomic E-state index is 0.341. The highest BCUT2D eigenvalue weighted by Gasteiger charge is 2.30. The van der Waals surface area contributed by atoms with Crippen LogP contribution in [0.2, 0.25) is 0 Å². The maximum Gasteiger partial charge on any atom is 0.127 e. The topological polar surface area (TPSA) is 64.3 Å². The Hall–Kier alpha value is -2.14. The third-order valence-electron chi connectivity index (χ3n) is 3.74. The number of rotatable bonds is 5. The van der Waals surface area contributed by atoms with Crippen molar-refractivity contribution in [2.45, 2.75) is 19.4 Å². The summed E-state index contributed by atoms with van der Waals surface area (Å²) in [6, 6.07) is 12.1. The number of benzene rings is 1. The number of nitrogens with zero attached hydrogens (tertiary/aromatic N) is 3. The molecule has 2 aromatic rings. The second-order valence-electron chi connectivity index (χ2n) is 5.27. The van der Waals surface area contributed by atoms with Gasteiger partial charge in [-0.2, -0.15) is 0 Å². The van der Waals surface area contributed by atoms with E-state index in [1.165, 1.54) is 0 Å². The van der Waals surface area contributed by atoms with E-state index in [9.17, 15) is 0 Å². The summed E-state index contributed by atoms with van der Waals surface area (Å²) in [6.45, 7) is 4.52. The molecule has 5 heteroatoms. The predicted octanol–water partition coefficient (Wildman–Crippen LogP) is 2.19. The van der Waals surface area contributed by atoms with Gasteiger partial charge in [0.15, 0.2) is 0 Å². The van der Waals surface area contributed by atoms with Crippen LogP contribution in [0.1, 0.15) is 24.0 Å². The Labute approximate surface area is 124 Å². The standard InChI is InChI=1S/C16H20N4O/c1-12-18-14(11-16(17)19-12)15-7-8-20(15)9-10-21-13-5-3-2-4-6-13/h2-6,11,15H,7-10H2,1H3,(H2,17,18,19)/t15-/m0/s1.